The number of nitrogens with two attached hydrogens (primary N) is 1. The molecule has 2 unspecified atom stereocenters. The molecule has 0 radical (unpaired) electrons. The lowest BCUT2D eigenvalue weighted by atomic mass is 10.1. The van der Waals surface area contributed by atoms with Crippen molar-refractivity contribution in [3.63, 3.8) is 0 Å². The first-order chi connectivity index (χ1) is 6.49. The van der Waals surface area contributed by atoms with Gasteiger partial charge in [-0.05, 0) is 39.7 Å². The Morgan fingerprint density at radius 3 is 2.29 bits per heavy atom. The topological polar surface area (TPSA) is 43.8 Å². The van der Waals surface area contributed by atoms with Crippen LogP contribution in [-0.4, -0.2) is 15.8 Å². The van der Waals surface area contributed by atoms with E-state index in [0.717, 1.165) is 12.1 Å². The normalized spacial score (nSPS) is 15.6. The lowest BCUT2D eigenvalue weighted by Gasteiger charge is -2.18. The molecular weight excluding hydrogens is 174 g/mol. The standard InChI is InChI=1S/C11H21N3/c1-6-11-8(3)13-14(10(11)5)9(4)7(2)12/h7,9H,6,12H2,1-5H3. The molecule has 3 nitrogen and oxygen atoms in total. The molecule has 0 spiro atoms. The second kappa shape index (κ2) is 4.13. The molecule has 1 aromatic rings. The van der Waals surface area contributed by atoms with Gasteiger partial charge in [-0.2, -0.15) is 5.10 Å². The van der Waals surface area contributed by atoms with Crippen LogP contribution in [0.15, 0.2) is 0 Å². The fourth-order valence-electron chi connectivity index (χ4n) is 1.83. The maximum atomic E-state index is 5.88. The quantitative estimate of drug-likeness (QED) is 0.801. The van der Waals surface area contributed by atoms with Gasteiger partial charge in [-0.25, -0.2) is 0 Å². The van der Waals surface area contributed by atoms with Gasteiger partial charge < -0.3 is 5.73 Å². The molecule has 1 heterocycles. The first kappa shape index (κ1) is 11.2. The van der Waals surface area contributed by atoms with Gasteiger partial charge in [-0.15, -0.1) is 0 Å². The van der Waals surface area contributed by atoms with E-state index in [1.165, 1.54) is 11.3 Å². The van der Waals surface area contributed by atoms with Crippen LogP contribution in [0, 0.1) is 13.8 Å². The largest absolute Gasteiger partial charge is 0.326 e. The minimum Gasteiger partial charge on any atom is -0.326 e. The molecule has 80 valence electrons. The Balaban J connectivity index is 3.11. The Kier molecular flexibility index (Phi) is 3.32. The molecule has 1 rings (SSSR count). The van der Waals surface area contributed by atoms with Crippen molar-refractivity contribution in [1.82, 2.24) is 9.78 Å². The van der Waals surface area contributed by atoms with Crippen LogP contribution in [0.3, 0.4) is 0 Å². The van der Waals surface area contributed by atoms with Crippen molar-refractivity contribution >= 4 is 0 Å². The molecule has 2 atom stereocenters. The number of aryl methyl sites for hydroxylation is 1. The molecule has 14 heavy (non-hydrogen) atoms. The lowest BCUT2D eigenvalue weighted by Crippen LogP contribution is -2.28. The fourth-order valence-corrected chi connectivity index (χ4v) is 1.83. The molecule has 0 aliphatic rings. The molecule has 1 aromatic heterocycles. The number of hydrogen-bond donors (Lipinski definition) is 1. The zero-order chi connectivity index (χ0) is 10.9. The van der Waals surface area contributed by atoms with Gasteiger partial charge in [-0.1, -0.05) is 6.92 Å². The Bertz CT molecular complexity index is 313. The minimum atomic E-state index is 0.137. The maximum absolute atomic E-state index is 5.88. The van der Waals surface area contributed by atoms with Crippen LogP contribution in [0.5, 0.6) is 0 Å². The molecular formula is C11H21N3. The Labute approximate surface area is 86.3 Å². The maximum Gasteiger partial charge on any atom is 0.0642 e. The third-order valence-electron chi connectivity index (χ3n) is 2.98. The highest BCUT2D eigenvalue weighted by molar-refractivity contribution is 5.24. The van der Waals surface area contributed by atoms with E-state index in [4.69, 9.17) is 5.73 Å². The summed E-state index contributed by atoms with van der Waals surface area (Å²) in [5, 5.41) is 4.54. The molecule has 3 heteroatoms. The van der Waals surface area contributed by atoms with Gasteiger partial charge in [0.1, 0.15) is 0 Å². The smallest absolute Gasteiger partial charge is 0.0642 e. The summed E-state index contributed by atoms with van der Waals surface area (Å²) in [5.41, 5.74) is 9.63. The van der Waals surface area contributed by atoms with E-state index in [1.807, 2.05) is 6.92 Å². The Hall–Kier alpha value is -0.830. The third-order valence-corrected chi connectivity index (χ3v) is 2.98. The van der Waals surface area contributed by atoms with E-state index in [1.54, 1.807) is 0 Å². The molecule has 0 aliphatic carbocycles. The van der Waals surface area contributed by atoms with Crippen LogP contribution < -0.4 is 5.73 Å². The number of rotatable bonds is 3. The van der Waals surface area contributed by atoms with Gasteiger partial charge in [0.2, 0.25) is 0 Å². The number of aromatic nitrogens is 2. The van der Waals surface area contributed by atoms with Gasteiger partial charge in [0.05, 0.1) is 11.7 Å². The monoisotopic (exact) mass is 195 g/mol. The first-order valence-electron chi connectivity index (χ1n) is 5.29. The summed E-state index contributed by atoms with van der Waals surface area (Å²) in [6.45, 7) is 10.5. The van der Waals surface area contributed by atoms with Gasteiger partial charge in [0.15, 0.2) is 0 Å². The second-order valence-electron chi connectivity index (χ2n) is 4.05. The predicted octanol–water partition coefficient (Wildman–Crippen LogP) is 1.97. The highest BCUT2D eigenvalue weighted by atomic mass is 15.3. The Morgan fingerprint density at radius 2 is 1.93 bits per heavy atom. The van der Waals surface area contributed by atoms with Crippen LogP contribution in [0.2, 0.25) is 0 Å². The SMILES string of the molecule is CCc1c(C)nn(C(C)C(C)N)c1C. The van der Waals surface area contributed by atoms with Crippen LogP contribution in [0.4, 0.5) is 0 Å². The minimum absolute atomic E-state index is 0.137. The highest BCUT2D eigenvalue weighted by Crippen LogP contribution is 2.18. The van der Waals surface area contributed by atoms with E-state index in [9.17, 15) is 0 Å². The molecule has 0 fully saturated rings. The van der Waals surface area contributed by atoms with Crippen LogP contribution in [0.25, 0.3) is 0 Å². The van der Waals surface area contributed by atoms with Crippen molar-refractivity contribution < 1.29 is 0 Å². The summed E-state index contributed by atoms with van der Waals surface area (Å²) in [6, 6.07) is 0.409. The summed E-state index contributed by atoms with van der Waals surface area (Å²) < 4.78 is 2.05. The van der Waals surface area contributed by atoms with Gasteiger partial charge in [-0.3, -0.25) is 4.68 Å². The van der Waals surface area contributed by atoms with Crippen molar-refractivity contribution in [1.29, 1.82) is 0 Å². The Morgan fingerprint density at radius 1 is 1.36 bits per heavy atom. The summed E-state index contributed by atoms with van der Waals surface area (Å²) >= 11 is 0. The summed E-state index contributed by atoms with van der Waals surface area (Å²) in [6.07, 6.45) is 1.04. The van der Waals surface area contributed by atoms with Crippen LogP contribution in [-0.2, 0) is 6.42 Å². The number of nitrogens with zero attached hydrogens (tertiary/aromatic N) is 2. The van der Waals surface area contributed by atoms with Gasteiger partial charge in [0.25, 0.3) is 0 Å². The third kappa shape index (κ3) is 1.82. The van der Waals surface area contributed by atoms with Crippen molar-refractivity contribution in [2.24, 2.45) is 5.73 Å². The van der Waals surface area contributed by atoms with Crippen LogP contribution in [0.1, 0.15) is 43.8 Å². The lowest BCUT2D eigenvalue weighted by molar-refractivity contribution is 0.415. The summed E-state index contributed by atoms with van der Waals surface area (Å²) in [4.78, 5) is 0. The second-order valence-corrected chi connectivity index (χ2v) is 4.05. The van der Waals surface area contributed by atoms with Gasteiger partial charge in [0, 0.05) is 11.7 Å². The molecule has 0 amide bonds. The van der Waals surface area contributed by atoms with E-state index >= 15 is 0 Å². The van der Waals surface area contributed by atoms with Crippen LogP contribution >= 0.6 is 0 Å². The fraction of sp³-hybridized carbons (Fsp3) is 0.727. The molecule has 0 saturated heterocycles. The zero-order valence-corrected chi connectivity index (χ0v) is 9.83. The van der Waals surface area contributed by atoms with E-state index in [2.05, 4.69) is 37.5 Å². The molecule has 2 N–H and O–H groups in total. The average Bonchev–Trinajstić information content (AvgIpc) is 2.40. The molecule has 0 aliphatic heterocycles. The molecule has 0 bridgehead atoms. The van der Waals surface area contributed by atoms with E-state index in [-0.39, 0.29) is 12.1 Å². The van der Waals surface area contributed by atoms with Crippen molar-refractivity contribution in [2.45, 2.75) is 53.1 Å². The first-order valence-corrected chi connectivity index (χ1v) is 5.29. The highest BCUT2D eigenvalue weighted by Gasteiger charge is 2.16. The summed E-state index contributed by atoms with van der Waals surface area (Å²) in [7, 11) is 0. The van der Waals surface area contributed by atoms with Crippen molar-refractivity contribution in [2.75, 3.05) is 0 Å². The predicted molar refractivity (Wildman–Crippen MR) is 59.4 cm³/mol. The average molecular weight is 195 g/mol. The molecule has 0 aromatic carbocycles. The number of hydrogen-bond acceptors (Lipinski definition) is 2. The van der Waals surface area contributed by atoms with Crippen molar-refractivity contribution in [3.05, 3.63) is 17.0 Å². The summed E-state index contributed by atoms with van der Waals surface area (Å²) in [5.74, 6) is 0. The van der Waals surface area contributed by atoms with Gasteiger partial charge >= 0.3 is 0 Å². The molecule has 0 saturated carbocycles. The van der Waals surface area contributed by atoms with E-state index < -0.39 is 0 Å². The van der Waals surface area contributed by atoms with Crippen molar-refractivity contribution in [3.8, 4) is 0 Å². The van der Waals surface area contributed by atoms with E-state index in [0.29, 0.717) is 0 Å². The zero-order valence-electron chi connectivity index (χ0n) is 9.83.